The highest BCUT2D eigenvalue weighted by Gasteiger charge is 1.70. The van der Waals surface area contributed by atoms with Crippen molar-refractivity contribution in [1.82, 2.24) is 12.3 Å². The molecule has 0 aliphatic rings. The normalized spacial score (nSPS) is 7.20. The standard InChI is InChI=1S/2IO3.2H3N/c2*2-1(3)4;;/h;;2*1H3/q2*-1;;/p+2. The van der Waals surface area contributed by atoms with Crippen LogP contribution in [0.5, 0.6) is 0 Å². The molecule has 0 aromatic rings. The number of rotatable bonds is 0. The highest BCUT2D eigenvalue weighted by molar-refractivity contribution is 2.14. The summed E-state index contributed by atoms with van der Waals surface area (Å²) in [6.07, 6.45) is 0. The van der Waals surface area contributed by atoms with Crippen LogP contribution in [0.25, 0.3) is 0 Å². The number of quaternary nitrogens is 2. The van der Waals surface area contributed by atoms with Crippen LogP contribution in [0.4, 0.5) is 0 Å². The molecule has 0 aliphatic carbocycles. The minimum atomic E-state index is -4.01. The Bertz CT molecular complexity index is 29.2. The second-order valence-electron chi connectivity index (χ2n) is 0.378. The molecule has 10 heavy (non-hydrogen) atoms. The first-order valence-corrected chi connectivity index (χ1v) is 6.21. The van der Waals surface area contributed by atoms with Crippen molar-refractivity contribution < 1.29 is 62.7 Å². The van der Waals surface area contributed by atoms with E-state index in [1.54, 1.807) is 0 Å². The van der Waals surface area contributed by atoms with Gasteiger partial charge in [-0.1, -0.05) is 0 Å². The van der Waals surface area contributed by atoms with Gasteiger partial charge in [0, 0.05) is 0 Å². The number of hydrogen-bond donors (Lipinski definition) is 2. The zero-order valence-electron chi connectivity index (χ0n) is 5.21. The van der Waals surface area contributed by atoms with Crippen LogP contribution in [0.3, 0.4) is 0 Å². The van der Waals surface area contributed by atoms with Crippen molar-refractivity contribution in [2.24, 2.45) is 0 Å². The van der Waals surface area contributed by atoms with Crippen molar-refractivity contribution in [2.75, 3.05) is 0 Å². The summed E-state index contributed by atoms with van der Waals surface area (Å²) in [7, 11) is 0. The second kappa shape index (κ2) is 16.6. The molecule has 10 heteroatoms. The SMILES string of the molecule is [NH4+].[NH4+].[O-][I+2]([O-])[O-].[O-][I+2]([O-])[O-]. The summed E-state index contributed by atoms with van der Waals surface area (Å²) in [5, 5.41) is 0. The summed E-state index contributed by atoms with van der Waals surface area (Å²) in [6.45, 7) is 0. The van der Waals surface area contributed by atoms with Gasteiger partial charge < -0.3 is 32.9 Å². The van der Waals surface area contributed by atoms with Crippen LogP contribution in [0.1, 0.15) is 0 Å². The van der Waals surface area contributed by atoms with Gasteiger partial charge in [-0.2, -0.15) is 0 Å². The van der Waals surface area contributed by atoms with E-state index in [1.807, 2.05) is 0 Å². The van der Waals surface area contributed by atoms with Gasteiger partial charge in [0.25, 0.3) is 42.1 Å². The molecule has 0 aromatic carbocycles. The Balaban J connectivity index is -0.0000000300. The smallest absolute Gasteiger partial charge is 0.282 e. The van der Waals surface area contributed by atoms with E-state index in [4.69, 9.17) is 20.6 Å². The van der Waals surface area contributed by atoms with Gasteiger partial charge in [0.1, 0.15) is 0 Å². The lowest BCUT2D eigenvalue weighted by atomic mass is 14.0. The van der Waals surface area contributed by atoms with Crippen LogP contribution in [-0.2, 0) is 0 Å². The molecule has 0 saturated heterocycles. The first-order valence-electron chi connectivity index (χ1n) is 0.926. The molecular formula is H8I2N2O6. The largest absolute Gasteiger partial charge is 0.427 e. The molecule has 0 aliphatic heterocycles. The lowest BCUT2D eigenvalue weighted by Crippen LogP contribution is -4.05. The van der Waals surface area contributed by atoms with Crippen LogP contribution >= 0.6 is 0 Å². The average Bonchev–Trinajstić information content (AvgIpc) is 1.25. The van der Waals surface area contributed by atoms with Crippen molar-refractivity contribution in [2.45, 2.75) is 0 Å². The molecule has 0 aromatic heterocycles. The first-order chi connectivity index (χ1) is 3.46. The van der Waals surface area contributed by atoms with Gasteiger partial charge in [0.15, 0.2) is 0 Å². The Morgan fingerprint density at radius 3 is 0.500 bits per heavy atom. The van der Waals surface area contributed by atoms with Crippen LogP contribution in [0, 0.1) is 0 Å². The van der Waals surface area contributed by atoms with Gasteiger partial charge in [0.2, 0.25) is 0 Å². The third-order valence-electron chi connectivity index (χ3n) is 0. The Kier molecular flexibility index (Phi) is 37.3. The molecule has 0 spiro atoms. The second-order valence-corrected chi connectivity index (χ2v) is 2.54. The van der Waals surface area contributed by atoms with Crippen LogP contribution < -0.4 is 75.0 Å². The quantitative estimate of drug-likeness (QED) is 0.386. The summed E-state index contributed by atoms with van der Waals surface area (Å²) in [5.74, 6) is 0. The Hall–Kier alpha value is 1.14. The molecule has 0 amide bonds. The molecule has 0 rings (SSSR count). The first kappa shape index (κ1) is 22.5. The minimum Gasteiger partial charge on any atom is -0.427 e. The average molecular weight is 386 g/mol. The Labute approximate surface area is 74.7 Å². The fourth-order valence-electron chi connectivity index (χ4n) is 0. The van der Waals surface area contributed by atoms with Crippen LogP contribution in [0.2, 0.25) is 0 Å². The maximum atomic E-state index is 8.57. The van der Waals surface area contributed by atoms with Gasteiger partial charge in [-0.3, -0.25) is 0 Å². The van der Waals surface area contributed by atoms with Crippen molar-refractivity contribution in [3.8, 4) is 0 Å². The van der Waals surface area contributed by atoms with E-state index in [1.165, 1.54) is 0 Å². The molecule has 0 saturated carbocycles. The summed E-state index contributed by atoms with van der Waals surface area (Å²) < 4.78 is 51.4. The molecule has 68 valence electrons. The van der Waals surface area contributed by atoms with E-state index in [2.05, 4.69) is 0 Å². The zero-order valence-corrected chi connectivity index (χ0v) is 9.52. The minimum absolute atomic E-state index is 0. The van der Waals surface area contributed by atoms with E-state index < -0.39 is 42.1 Å². The van der Waals surface area contributed by atoms with Crippen LogP contribution in [0.15, 0.2) is 0 Å². The van der Waals surface area contributed by atoms with Crippen LogP contribution in [-0.4, -0.2) is 0 Å². The van der Waals surface area contributed by atoms with E-state index >= 15 is 0 Å². The summed E-state index contributed by atoms with van der Waals surface area (Å²) >= 11 is -8.03. The predicted molar refractivity (Wildman–Crippen MR) is 12.0 cm³/mol. The summed E-state index contributed by atoms with van der Waals surface area (Å²) in [4.78, 5) is 0. The molecule has 0 atom stereocenters. The summed E-state index contributed by atoms with van der Waals surface area (Å²) in [6, 6.07) is 0. The topological polar surface area (TPSA) is 211 Å². The number of hydrogen-bond acceptors (Lipinski definition) is 6. The van der Waals surface area contributed by atoms with E-state index in [0.717, 1.165) is 0 Å². The zero-order chi connectivity index (χ0) is 7.15. The number of halogens is 2. The van der Waals surface area contributed by atoms with E-state index in [0.29, 0.717) is 0 Å². The van der Waals surface area contributed by atoms with Gasteiger partial charge >= 0.3 is 0 Å². The van der Waals surface area contributed by atoms with Gasteiger partial charge in [-0.25, -0.2) is 0 Å². The maximum Gasteiger partial charge on any atom is 0.282 e. The molecule has 8 nitrogen and oxygen atoms in total. The molecule has 0 radical (unpaired) electrons. The lowest BCUT2D eigenvalue weighted by molar-refractivity contribution is -1.73. The fourth-order valence-corrected chi connectivity index (χ4v) is 0. The Morgan fingerprint density at radius 1 is 0.500 bits per heavy atom. The maximum absolute atomic E-state index is 8.57. The molecule has 0 fully saturated rings. The third-order valence-corrected chi connectivity index (χ3v) is 0. The summed E-state index contributed by atoms with van der Waals surface area (Å²) in [5.41, 5.74) is 0. The van der Waals surface area contributed by atoms with Crippen molar-refractivity contribution in [3.05, 3.63) is 0 Å². The predicted octanol–water partition coefficient (Wildman–Crippen LogP) is -12.4. The molecule has 8 N–H and O–H groups in total. The molecular weight excluding hydrogens is 378 g/mol. The van der Waals surface area contributed by atoms with Gasteiger partial charge in [0.05, 0.1) is 0 Å². The monoisotopic (exact) mass is 386 g/mol. The van der Waals surface area contributed by atoms with E-state index in [9.17, 15) is 0 Å². The molecule has 0 unspecified atom stereocenters. The van der Waals surface area contributed by atoms with Crippen molar-refractivity contribution in [1.29, 1.82) is 0 Å². The third kappa shape index (κ3) is 466. The van der Waals surface area contributed by atoms with Crippen molar-refractivity contribution in [3.63, 3.8) is 0 Å². The highest BCUT2D eigenvalue weighted by atomic mass is 127. The van der Waals surface area contributed by atoms with Crippen molar-refractivity contribution >= 4 is 0 Å². The lowest BCUT2D eigenvalue weighted by Gasteiger charge is -1.84. The molecule has 0 bridgehead atoms. The van der Waals surface area contributed by atoms with Gasteiger partial charge in [-0.15, -0.1) is 0 Å². The molecule has 0 heterocycles. The Morgan fingerprint density at radius 2 is 0.500 bits per heavy atom. The highest BCUT2D eigenvalue weighted by Crippen LogP contribution is -0.133. The van der Waals surface area contributed by atoms with E-state index in [-0.39, 0.29) is 12.3 Å². The van der Waals surface area contributed by atoms with Gasteiger partial charge in [-0.05, 0) is 0 Å². The fraction of sp³-hybridized carbons (Fsp3) is 0.